The van der Waals surface area contributed by atoms with Crippen molar-refractivity contribution in [2.45, 2.75) is 13.0 Å². The third-order valence-corrected chi connectivity index (χ3v) is 6.70. The van der Waals surface area contributed by atoms with Crippen LogP contribution in [0.25, 0.3) is 21.3 Å². The van der Waals surface area contributed by atoms with E-state index in [1.165, 1.54) is 18.2 Å². The van der Waals surface area contributed by atoms with Crippen molar-refractivity contribution < 1.29 is 36.3 Å². The summed E-state index contributed by atoms with van der Waals surface area (Å²) in [5.41, 5.74) is 5.94. The summed E-state index contributed by atoms with van der Waals surface area (Å²) in [6.07, 6.45) is -2.87. The summed E-state index contributed by atoms with van der Waals surface area (Å²) < 4.78 is 64.9. The second kappa shape index (κ2) is 10.6. The maximum absolute atomic E-state index is 13.8. The van der Waals surface area contributed by atoms with Gasteiger partial charge in [-0.3, -0.25) is 9.59 Å². The van der Waals surface area contributed by atoms with E-state index in [0.717, 1.165) is 23.5 Å². The molecule has 0 radical (unpaired) electrons. The predicted molar refractivity (Wildman–Crippen MR) is 136 cm³/mol. The molecule has 5 aromatic rings. The zero-order valence-corrected chi connectivity index (χ0v) is 20.5. The van der Waals surface area contributed by atoms with Gasteiger partial charge in [-0.15, -0.1) is 11.3 Å². The molecular formula is C27H17F4N3O4S. The Morgan fingerprint density at radius 1 is 1.05 bits per heavy atom. The highest BCUT2D eigenvalue weighted by Gasteiger charge is 2.26. The van der Waals surface area contributed by atoms with Crippen LogP contribution in [-0.4, -0.2) is 16.8 Å². The fraction of sp³-hybridized carbons (Fsp3) is 0.0741. The van der Waals surface area contributed by atoms with Crippen molar-refractivity contribution in [2.24, 2.45) is 5.73 Å². The number of primary amides is 1. The lowest BCUT2D eigenvalue weighted by Gasteiger charge is -2.10. The fourth-order valence-corrected chi connectivity index (χ4v) is 4.88. The van der Waals surface area contributed by atoms with Crippen LogP contribution in [0.2, 0.25) is 0 Å². The molecule has 0 spiro atoms. The lowest BCUT2D eigenvalue weighted by Crippen LogP contribution is -2.16. The number of alkyl halides is 2. The van der Waals surface area contributed by atoms with Crippen LogP contribution in [0.1, 0.15) is 38.1 Å². The molecule has 3 aromatic heterocycles. The van der Waals surface area contributed by atoms with E-state index in [2.05, 4.69) is 10.3 Å². The Bertz CT molecular complexity index is 1700. The number of rotatable bonds is 8. The van der Waals surface area contributed by atoms with Gasteiger partial charge in [0.2, 0.25) is 0 Å². The Kier molecular flexibility index (Phi) is 7.03. The Morgan fingerprint density at radius 2 is 1.82 bits per heavy atom. The number of thiophene rings is 1. The number of hydrogen-bond acceptors (Lipinski definition) is 6. The van der Waals surface area contributed by atoms with Crippen molar-refractivity contribution in [3.63, 3.8) is 0 Å². The topological polar surface area (TPSA) is 107 Å². The summed E-state index contributed by atoms with van der Waals surface area (Å²) in [6, 6.07) is 15.3. The number of aromatic nitrogens is 1. The van der Waals surface area contributed by atoms with Crippen LogP contribution < -0.4 is 15.8 Å². The molecule has 198 valence electrons. The quantitative estimate of drug-likeness (QED) is 0.207. The molecule has 0 atom stereocenters. The number of amides is 2. The van der Waals surface area contributed by atoms with E-state index in [-0.39, 0.29) is 44.7 Å². The van der Waals surface area contributed by atoms with Gasteiger partial charge in [-0.25, -0.2) is 22.5 Å². The molecule has 7 nitrogen and oxygen atoms in total. The molecule has 0 bridgehead atoms. The summed E-state index contributed by atoms with van der Waals surface area (Å²) in [5, 5.41) is 2.86. The number of nitrogens with one attached hydrogen (secondary N) is 1. The van der Waals surface area contributed by atoms with Crippen molar-refractivity contribution in [2.75, 3.05) is 5.32 Å². The number of carbonyl (C=O) groups is 2. The van der Waals surface area contributed by atoms with E-state index >= 15 is 0 Å². The summed E-state index contributed by atoms with van der Waals surface area (Å²) in [6.45, 7) is -0.262. The first kappa shape index (κ1) is 25.9. The minimum Gasteiger partial charge on any atom is -0.483 e. The van der Waals surface area contributed by atoms with Gasteiger partial charge >= 0.3 is 0 Å². The molecule has 12 heteroatoms. The first-order valence-electron chi connectivity index (χ1n) is 11.3. The van der Waals surface area contributed by atoms with Crippen LogP contribution in [0, 0.1) is 11.6 Å². The molecule has 2 aromatic carbocycles. The molecule has 0 saturated heterocycles. The molecule has 0 aliphatic heterocycles. The van der Waals surface area contributed by atoms with Gasteiger partial charge < -0.3 is 20.2 Å². The number of pyridine rings is 1. The number of ether oxygens (including phenoxy) is 1. The average Bonchev–Trinajstić information content (AvgIpc) is 3.53. The second-order valence-electron chi connectivity index (χ2n) is 8.20. The minimum atomic E-state index is -2.87. The van der Waals surface area contributed by atoms with Gasteiger partial charge in [0.15, 0.2) is 17.3 Å². The van der Waals surface area contributed by atoms with Gasteiger partial charge in [0.25, 0.3) is 18.2 Å². The Hall–Kier alpha value is -4.71. The van der Waals surface area contributed by atoms with Crippen LogP contribution in [0.3, 0.4) is 0 Å². The molecule has 0 aliphatic carbocycles. The van der Waals surface area contributed by atoms with Crippen molar-refractivity contribution in [3.8, 4) is 16.9 Å². The third-order valence-electron chi connectivity index (χ3n) is 5.60. The van der Waals surface area contributed by atoms with E-state index in [0.29, 0.717) is 17.2 Å². The molecule has 0 unspecified atom stereocenters. The number of nitrogens with zero attached hydrogens (tertiary/aromatic N) is 1. The van der Waals surface area contributed by atoms with Crippen LogP contribution in [0.4, 0.5) is 23.2 Å². The molecule has 5 rings (SSSR count). The van der Waals surface area contributed by atoms with Crippen LogP contribution >= 0.6 is 11.3 Å². The van der Waals surface area contributed by atoms with Crippen molar-refractivity contribution in [1.29, 1.82) is 0 Å². The van der Waals surface area contributed by atoms with E-state index < -0.39 is 35.6 Å². The van der Waals surface area contributed by atoms with Gasteiger partial charge in [0, 0.05) is 11.5 Å². The molecule has 39 heavy (non-hydrogen) atoms. The Morgan fingerprint density at radius 3 is 2.51 bits per heavy atom. The highest BCUT2D eigenvalue weighted by atomic mass is 32.1. The molecule has 0 aliphatic rings. The summed E-state index contributed by atoms with van der Waals surface area (Å²) in [7, 11) is 0. The average molecular weight is 556 g/mol. The Labute approximate surface area is 221 Å². The van der Waals surface area contributed by atoms with E-state index in [1.807, 2.05) is 0 Å². The van der Waals surface area contributed by atoms with Gasteiger partial charge in [0.05, 0.1) is 5.69 Å². The lowest BCUT2D eigenvalue weighted by molar-refractivity contribution is 0.0992. The molecule has 2 amide bonds. The molecule has 3 heterocycles. The summed E-state index contributed by atoms with van der Waals surface area (Å²) >= 11 is 0.776. The number of carbonyl (C=O) groups excluding carboxylic acids is 2. The van der Waals surface area contributed by atoms with E-state index in [1.54, 1.807) is 30.3 Å². The third kappa shape index (κ3) is 5.32. The number of furan rings is 1. The van der Waals surface area contributed by atoms with Crippen LogP contribution in [-0.2, 0) is 6.61 Å². The number of hydrogen-bond donors (Lipinski definition) is 2. The van der Waals surface area contributed by atoms with Gasteiger partial charge in [-0.2, -0.15) is 0 Å². The predicted octanol–water partition coefficient (Wildman–Crippen LogP) is 6.70. The molecule has 3 N–H and O–H groups in total. The van der Waals surface area contributed by atoms with Crippen molar-refractivity contribution in [3.05, 3.63) is 100 Å². The standard InChI is InChI=1S/C27H17F4N3O4S/c28-14-6-8-19(17(29)10-14)37-12-15-7-9-20(38-15)26(36)34-22-21-16(13-4-2-1-3-5-13)11-18(24(30)31)33-27(21)39-23(22)25(32)35/h1-11,24H,12H2,(H2,32,35)(H,34,36). The maximum atomic E-state index is 13.8. The maximum Gasteiger partial charge on any atom is 0.291 e. The molecule has 0 saturated carbocycles. The normalized spacial score (nSPS) is 11.2. The van der Waals surface area contributed by atoms with Crippen molar-refractivity contribution >= 4 is 39.1 Å². The number of halogens is 4. The first-order chi connectivity index (χ1) is 18.7. The largest absolute Gasteiger partial charge is 0.483 e. The van der Waals surface area contributed by atoms with Crippen LogP contribution in [0.5, 0.6) is 5.75 Å². The first-order valence-corrected chi connectivity index (χ1v) is 12.1. The number of fused-ring (bicyclic) bond motifs is 1. The fourth-order valence-electron chi connectivity index (χ4n) is 3.86. The van der Waals surface area contributed by atoms with E-state index in [9.17, 15) is 27.2 Å². The monoisotopic (exact) mass is 555 g/mol. The van der Waals surface area contributed by atoms with Crippen molar-refractivity contribution in [1.82, 2.24) is 4.98 Å². The molecular weight excluding hydrogens is 538 g/mol. The zero-order valence-electron chi connectivity index (χ0n) is 19.7. The van der Waals surface area contributed by atoms with Gasteiger partial charge in [0.1, 0.15) is 33.6 Å². The summed E-state index contributed by atoms with van der Waals surface area (Å²) in [4.78, 5) is 29.3. The second-order valence-corrected chi connectivity index (χ2v) is 9.19. The van der Waals surface area contributed by atoms with Crippen LogP contribution in [0.15, 0.2) is 71.1 Å². The molecule has 0 fully saturated rings. The van der Waals surface area contributed by atoms with Gasteiger partial charge in [-0.05, 0) is 41.5 Å². The lowest BCUT2D eigenvalue weighted by atomic mass is 10.0. The SMILES string of the molecule is NC(=O)c1sc2nc(C(F)F)cc(-c3ccccc3)c2c1NC(=O)c1ccc(COc2ccc(F)cc2F)o1. The highest BCUT2D eigenvalue weighted by Crippen LogP contribution is 2.42. The van der Waals surface area contributed by atoms with E-state index in [4.69, 9.17) is 14.9 Å². The number of anilines is 1. The smallest absolute Gasteiger partial charge is 0.291 e. The minimum absolute atomic E-state index is 0.00209. The zero-order chi connectivity index (χ0) is 27.7. The number of nitrogens with two attached hydrogens (primary N) is 1. The van der Waals surface area contributed by atoms with Gasteiger partial charge in [-0.1, -0.05) is 30.3 Å². The highest BCUT2D eigenvalue weighted by molar-refractivity contribution is 7.21. The summed E-state index contributed by atoms with van der Waals surface area (Å²) in [5.74, 6) is -3.55. The number of benzene rings is 2. The Balaban J connectivity index is 1.48.